The molecule has 0 radical (unpaired) electrons. The zero-order valence-corrected chi connectivity index (χ0v) is 15.2. The van der Waals surface area contributed by atoms with Crippen LogP contribution in [0, 0.1) is 6.92 Å². The quantitative estimate of drug-likeness (QED) is 0.679. The van der Waals surface area contributed by atoms with E-state index in [1.165, 1.54) is 5.56 Å². The van der Waals surface area contributed by atoms with Gasteiger partial charge in [-0.15, -0.1) is 11.8 Å². The van der Waals surface area contributed by atoms with E-state index in [9.17, 15) is 4.79 Å². The van der Waals surface area contributed by atoms with Crippen molar-refractivity contribution in [3.05, 3.63) is 78.4 Å². The molecule has 25 heavy (non-hydrogen) atoms. The van der Waals surface area contributed by atoms with Gasteiger partial charge in [-0.25, -0.2) is 4.98 Å². The van der Waals surface area contributed by atoms with Crippen molar-refractivity contribution in [3.8, 4) is 5.69 Å². The van der Waals surface area contributed by atoms with Gasteiger partial charge in [0, 0.05) is 23.0 Å². The summed E-state index contributed by atoms with van der Waals surface area (Å²) in [6.45, 7) is 4.06. The van der Waals surface area contributed by atoms with Crippen LogP contribution in [0.5, 0.6) is 0 Å². The van der Waals surface area contributed by atoms with E-state index in [0.29, 0.717) is 5.75 Å². The second kappa shape index (κ2) is 8.03. The van der Waals surface area contributed by atoms with Crippen molar-refractivity contribution >= 4 is 17.7 Å². The standard InChI is InChI=1S/C20H21N3OS/c1-15-5-3-4-6-19(15)25-13-20(24)22-16(2)17-7-9-18(10-8-17)23-12-11-21-14-23/h3-12,14,16H,13H2,1-2H3,(H,22,24)/t16-/m0/s1. The average Bonchev–Trinajstić information content (AvgIpc) is 3.16. The highest BCUT2D eigenvalue weighted by Crippen LogP contribution is 2.22. The molecule has 1 N–H and O–H groups in total. The summed E-state index contributed by atoms with van der Waals surface area (Å²) in [4.78, 5) is 17.4. The maximum Gasteiger partial charge on any atom is 0.230 e. The summed E-state index contributed by atoms with van der Waals surface area (Å²) in [6, 6.07) is 16.2. The molecule has 1 heterocycles. The lowest BCUT2D eigenvalue weighted by Gasteiger charge is -2.15. The Balaban J connectivity index is 1.55. The predicted molar refractivity (Wildman–Crippen MR) is 102 cm³/mol. The summed E-state index contributed by atoms with van der Waals surface area (Å²) in [5.41, 5.74) is 3.33. The number of thioether (sulfide) groups is 1. The van der Waals surface area contributed by atoms with Crippen LogP contribution in [0.2, 0.25) is 0 Å². The average molecular weight is 351 g/mol. The molecule has 1 atom stereocenters. The van der Waals surface area contributed by atoms with Crippen LogP contribution >= 0.6 is 11.8 Å². The zero-order valence-electron chi connectivity index (χ0n) is 14.3. The molecule has 0 aliphatic heterocycles. The van der Waals surface area contributed by atoms with Crippen molar-refractivity contribution in [1.29, 1.82) is 0 Å². The third-order valence-electron chi connectivity index (χ3n) is 4.03. The van der Waals surface area contributed by atoms with Crippen LogP contribution in [0.15, 0.2) is 72.1 Å². The number of hydrogen-bond donors (Lipinski definition) is 1. The molecule has 3 aromatic rings. The molecular formula is C20H21N3OS. The molecule has 0 fully saturated rings. The molecule has 3 rings (SSSR count). The van der Waals surface area contributed by atoms with Crippen LogP contribution in [-0.2, 0) is 4.79 Å². The number of hydrogen-bond acceptors (Lipinski definition) is 3. The summed E-state index contributed by atoms with van der Waals surface area (Å²) < 4.78 is 1.95. The molecule has 5 heteroatoms. The number of nitrogens with one attached hydrogen (secondary N) is 1. The zero-order chi connectivity index (χ0) is 17.6. The molecule has 4 nitrogen and oxygen atoms in total. The van der Waals surface area contributed by atoms with E-state index >= 15 is 0 Å². The predicted octanol–water partition coefficient (Wildman–Crippen LogP) is 4.15. The maximum atomic E-state index is 12.2. The summed E-state index contributed by atoms with van der Waals surface area (Å²) in [6.07, 6.45) is 5.43. The number of carbonyl (C=O) groups is 1. The Labute approximate surface area is 152 Å². The highest BCUT2D eigenvalue weighted by molar-refractivity contribution is 8.00. The first-order valence-corrected chi connectivity index (χ1v) is 9.18. The van der Waals surface area contributed by atoms with Gasteiger partial charge in [0.2, 0.25) is 5.91 Å². The Morgan fingerprint density at radius 1 is 1.20 bits per heavy atom. The molecule has 0 spiro atoms. The maximum absolute atomic E-state index is 12.2. The molecule has 0 bridgehead atoms. The lowest BCUT2D eigenvalue weighted by Crippen LogP contribution is -2.28. The summed E-state index contributed by atoms with van der Waals surface area (Å²) in [5.74, 6) is 0.460. The molecule has 1 aromatic heterocycles. The fourth-order valence-corrected chi connectivity index (χ4v) is 3.42. The Morgan fingerprint density at radius 2 is 1.96 bits per heavy atom. The van der Waals surface area contributed by atoms with Gasteiger partial charge in [0.25, 0.3) is 0 Å². The normalized spacial score (nSPS) is 11.9. The van der Waals surface area contributed by atoms with Crippen molar-refractivity contribution in [2.24, 2.45) is 0 Å². The molecule has 128 valence electrons. The lowest BCUT2D eigenvalue weighted by atomic mass is 10.1. The summed E-state index contributed by atoms with van der Waals surface area (Å²) in [5, 5.41) is 3.06. The second-order valence-electron chi connectivity index (χ2n) is 5.90. The minimum Gasteiger partial charge on any atom is -0.349 e. The summed E-state index contributed by atoms with van der Waals surface area (Å²) in [7, 11) is 0. The van der Waals surface area contributed by atoms with Crippen LogP contribution in [0.3, 0.4) is 0 Å². The molecule has 0 unspecified atom stereocenters. The van der Waals surface area contributed by atoms with Gasteiger partial charge >= 0.3 is 0 Å². The number of carbonyl (C=O) groups excluding carboxylic acids is 1. The second-order valence-corrected chi connectivity index (χ2v) is 6.92. The van der Waals surface area contributed by atoms with E-state index < -0.39 is 0 Å². The Bertz CT molecular complexity index is 828. The molecule has 0 aliphatic rings. The Hall–Kier alpha value is -2.53. The van der Waals surface area contributed by atoms with Crippen LogP contribution in [0.25, 0.3) is 5.69 Å². The van der Waals surface area contributed by atoms with Crippen molar-refractivity contribution < 1.29 is 4.79 Å². The third-order valence-corrected chi connectivity index (χ3v) is 5.20. The third kappa shape index (κ3) is 4.51. The van der Waals surface area contributed by atoms with E-state index in [1.54, 1.807) is 24.3 Å². The smallest absolute Gasteiger partial charge is 0.230 e. The highest BCUT2D eigenvalue weighted by Gasteiger charge is 2.10. The van der Waals surface area contributed by atoms with Crippen LogP contribution in [0.1, 0.15) is 24.1 Å². The number of aryl methyl sites for hydroxylation is 1. The molecule has 0 saturated heterocycles. The first-order chi connectivity index (χ1) is 12.1. The molecular weight excluding hydrogens is 330 g/mol. The van der Waals surface area contributed by atoms with Gasteiger partial charge in [0.1, 0.15) is 0 Å². The van der Waals surface area contributed by atoms with Gasteiger partial charge in [-0.3, -0.25) is 4.79 Å². The van der Waals surface area contributed by atoms with Gasteiger partial charge in [0.15, 0.2) is 0 Å². The number of amides is 1. The van der Waals surface area contributed by atoms with Gasteiger partial charge in [0.05, 0.1) is 18.1 Å². The Morgan fingerprint density at radius 3 is 2.64 bits per heavy atom. The van der Waals surface area contributed by atoms with Crippen LogP contribution < -0.4 is 5.32 Å². The van der Waals surface area contributed by atoms with Crippen LogP contribution in [0.4, 0.5) is 0 Å². The minimum atomic E-state index is -0.0261. The first-order valence-electron chi connectivity index (χ1n) is 8.19. The van der Waals surface area contributed by atoms with E-state index in [-0.39, 0.29) is 11.9 Å². The van der Waals surface area contributed by atoms with E-state index in [4.69, 9.17) is 0 Å². The van der Waals surface area contributed by atoms with Crippen molar-refractivity contribution in [2.45, 2.75) is 24.8 Å². The van der Waals surface area contributed by atoms with Gasteiger partial charge in [-0.2, -0.15) is 0 Å². The largest absolute Gasteiger partial charge is 0.349 e. The van der Waals surface area contributed by atoms with E-state index in [2.05, 4.69) is 23.3 Å². The fourth-order valence-electron chi connectivity index (χ4n) is 2.58. The molecule has 2 aromatic carbocycles. The monoisotopic (exact) mass is 351 g/mol. The van der Waals surface area contributed by atoms with E-state index in [0.717, 1.165) is 16.1 Å². The van der Waals surface area contributed by atoms with Crippen LogP contribution in [-0.4, -0.2) is 21.2 Å². The minimum absolute atomic E-state index is 0.0261. The number of rotatable bonds is 6. The lowest BCUT2D eigenvalue weighted by molar-refractivity contribution is -0.119. The van der Waals surface area contributed by atoms with Gasteiger partial charge < -0.3 is 9.88 Å². The highest BCUT2D eigenvalue weighted by atomic mass is 32.2. The fraction of sp³-hybridized carbons (Fsp3) is 0.200. The number of imidazole rings is 1. The molecule has 1 amide bonds. The first kappa shape index (κ1) is 17.3. The molecule has 0 aliphatic carbocycles. The van der Waals surface area contributed by atoms with E-state index in [1.807, 2.05) is 60.2 Å². The summed E-state index contributed by atoms with van der Waals surface area (Å²) >= 11 is 1.57. The van der Waals surface area contributed by atoms with Gasteiger partial charge in [-0.05, 0) is 43.2 Å². The number of nitrogens with zero attached hydrogens (tertiary/aromatic N) is 2. The van der Waals surface area contributed by atoms with Crippen molar-refractivity contribution in [1.82, 2.24) is 14.9 Å². The van der Waals surface area contributed by atoms with Crippen molar-refractivity contribution in [2.75, 3.05) is 5.75 Å². The van der Waals surface area contributed by atoms with Crippen molar-refractivity contribution in [3.63, 3.8) is 0 Å². The topological polar surface area (TPSA) is 46.9 Å². The number of aromatic nitrogens is 2. The number of benzene rings is 2. The SMILES string of the molecule is Cc1ccccc1SCC(=O)N[C@@H](C)c1ccc(-n2ccnc2)cc1. The van der Waals surface area contributed by atoms with Gasteiger partial charge in [-0.1, -0.05) is 30.3 Å². The molecule has 0 saturated carbocycles. The Kier molecular flexibility index (Phi) is 5.56.